The summed E-state index contributed by atoms with van der Waals surface area (Å²) in [6.07, 6.45) is -11.6. The number of benzene rings is 2. The molecule has 0 atom stereocenters. The molecule has 0 fully saturated rings. The third-order valence-corrected chi connectivity index (χ3v) is 5.69. The van der Waals surface area contributed by atoms with Gasteiger partial charge >= 0.3 is 18.3 Å². The predicted octanol–water partition coefficient (Wildman–Crippen LogP) is 6.09. The zero-order valence-corrected chi connectivity index (χ0v) is 20.0. The van der Waals surface area contributed by atoms with Crippen molar-refractivity contribution in [1.29, 1.82) is 0 Å². The van der Waals surface area contributed by atoms with Gasteiger partial charge in [0.15, 0.2) is 0 Å². The number of hydrogen-bond acceptors (Lipinski definition) is 3. The van der Waals surface area contributed by atoms with Crippen LogP contribution in [0.2, 0.25) is 5.02 Å². The second-order valence-corrected chi connectivity index (χ2v) is 8.61. The van der Waals surface area contributed by atoms with Crippen LogP contribution in [0.25, 0.3) is 0 Å². The van der Waals surface area contributed by atoms with Gasteiger partial charge in [-0.2, -0.15) is 35.1 Å². The Morgan fingerprint density at radius 2 is 1.58 bits per heavy atom. The van der Waals surface area contributed by atoms with Crippen molar-refractivity contribution in [3.63, 3.8) is 0 Å². The van der Waals surface area contributed by atoms with Crippen molar-refractivity contribution >= 4 is 29.1 Å². The van der Waals surface area contributed by atoms with E-state index in [1.165, 1.54) is 0 Å². The maximum Gasteiger partial charge on any atom is 0.457 e. The van der Waals surface area contributed by atoms with Gasteiger partial charge in [0.25, 0.3) is 11.8 Å². The van der Waals surface area contributed by atoms with Crippen molar-refractivity contribution in [2.75, 3.05) is 18.9 Å². The molecule has 204 valence electrons. The van der Waals surface area contributed by atoms with E-state index < -0.39 is 53.4 Å². The highest BCUT2D eigenvalue weighted by molar-refractivity contribution is 6.34. The average molecular weight is 568 g/mol. The number of alkyl halides is 8. The van der Waals surface area contributed by atoms with Crippen LogP contribution in [0.5, 0.6) is 0 Å². The van der Waals surface area contributed by atoms with E-state index in [1.807, 2.05) is 5.32 Å². The zero-order valence-electron chi connectivity index (χ0n) is 19.3. The Kier molecular flexibility index (Phi) is 8.10. The molecule has 1 heterocycles. The summed E-state index contributed by atoms with van der Waals surface area (Å²) in [5.74, 6) is -8.19. The van der Waals surface area contributed by atoms with Gasteiger partial charge in [-0.15, -0.1) is 0 Å². The summed E-state index contributed by atoms with van der Waals surface area (Å²) in [6, 6.07) is 12.0. The number of carbonyl (C=O) groups is 2. The van der Waals surface area contributed by atoms with Crippen molar-refractivity contribution < 1.29 is 44.7 Å². The minimum atomic E-state index is -6.34. The van der Waals surface area contributed by atoms with Gasteiger partial charge in [0.2, 0.25) is 0 Å². The van der Waals surface area contributed by atoms with Gasteiger partial charge in [-0.05, 0) is 23.8 Å². The minimum Gasteiger partial charge on any atom is -0.376 e. The molecule has 14 heteroatoms. The molecule has 2 aromatic carbocycles. The van der Waals surface area contributed by atoms with Crippen molar-refractivity contribution in [2.45, 2.75) is 24.8 Å². The maximum atomic E-state index is 14.1. The van der Waals surface area contributed by atoms with Crippen molar-refractivity contribution in [1.82, 2.24) is 10.2 Å². The van der Waals surface area contributed by atoms with Gasteiger partial charge in [0.1, 0.15) is 0 Å². The van der Waals surface area contributed by atoms with Crippen LogP contribution in [0.4, 0.5) is 40.8 Å². The molecule has 3 rings (SSSR count). The highest BCUT2D eigenvalue weighted by Gasteiger charge is 2.63. The molecule has 38 heavy (non-hydrogen) atoms. The third kappa shape index (κ3) is 6.26. The van der Waals surface area contributed by atoms with E-state index in [-0.39, 0.29) is 22.8 Å². The van der Waals surface area contributed by atoms with E-state index in [4.69, 9.17) is 11.6 Å². The number of amides is 2. The predicted molar refractivity (Wildman–Crippen MR) is 122 cm³/mol. The Morgan fingerprint density at radius 3 is 2.16 bits per heavy atom. The molecule has 0 bridgehead atoms. The number of halogens is 9. The minimum absolute atomic E-state index is 0.0758. The number of likely N-dealkylation sites (N-methyl/N-ethyl adjacent to an activating group) is 1. The zero-order chi connectivity index (χ0) is 28.5. The van der Waals surface area contributed by atoms with Gasteiger partial charge in [-0.1, -0.05) is 41.9 Å². The highest BCUT2D eigenvalue weighted by Crippen LogP contribution is 2.48. The summed E-state index contributed by atoms with van der Waals surface area (Å²) < 4.78 is 108. The molecular weight excluding hydrogens is 550 g/mol. The van der Waals surface area contributed by atoms with E-state index >= 15 is 0 Å². The van der Waals surface area contributed by atoms with Crippen molar-refractivity contribution in [3.05, 3.63) is 87.6 Å². The van der Waals surface area contributed by atoms with Gasteiger partial charge in [0, 0.05) is 37.6 Å². The molecule has 5 nitrogen and oxygen atoms in total. The summed E-state index contributed by atoms with van der Waals surface area (Å²) in [6.45, 7) is -1.33. The topological polar surface area (TPSA) is 61.4 Å². The number of hydrogen-bond donors (Lipinski definition) is 2. The first-order chi connectivity index (χ1) is 17.5. The lowest BCUT2D eigenvalue weighted by Crippen LogP contribution is -2.45. The second kappa shape index (κ2) is 10.6. The third-order valence-electron chi connectivity index (χ3n) is 5.36. The van der Waals surface area contributed by atoms with Crippen molar-refractivity contribution in [2.24, 2.45) is 0 Å². The molecule has 2 N–H and O–H groups in total. The normalized spacial score (nSPS) is 14.8. The lowest BCUT2D eigenvalue weighted by molar-refractivity contribution is -0.266. The fraction of sp³-hybridized carbons (Fsp3) is 0.250. The molecule has 2 amide bonds. The number of nitrogens with one attached hydrogen (secondary N) is 2. The summed E-state index contributed by atoms with van der Waals surface area (Å²) in [5, 5.41) is 4.50. The van der Waals surface area contributed by atoms with Crippen LogP contribution in [0, 0.1) is 0 Å². The fourth-order valence-electron chi connectivity index (χ4n) is 3.59. The van der Waals surface area contributed by atoms with Crippen molar-refractivity contribution in [3.8, 4) is 0 Å². The molecule has 0 unspecified atom stereocenters. The number of nitrogens with zero attached hydrogens (tertiary/aromatic N) is 1. The largest absolute Gasteiger partial charge is 0.457 e. The lowest BCUT2D eigenvalue weighted by atomic mass is 9.91. The molecular formula is C24H18ClF8N3O2. The second-order valence-electron chi connectivity index (χ2n) is 8.20. The Labute approximate surface area is 215 Å². The number of anilines is 1. The van der Waals surface area contributed by atoms with Crippen LogP contribution in [0.15, 0.2) is 71.5 Å². The summed E-state index contributed by atoms with van der Waals surface area (Å²) in [5.41, 5.74) is -5.87. The molecule has 0 radical (unpaired) electrons. The van der Waals surface area contributed by atoms with Gasteiger partial charge in [-0.25, -0.2) is 0 Å². The quantitative estimate of drug-likeness (QED) is 0.415. The Balaban J connectivity index is 1.92. The Bertz CT molecular complexity index is 1290. The molecule has 0 aliphatic carbocycles. The van der Waals surface area contributed by atoms with E-state index in [0.29, 0.717) is 11.1 Å². The number of carbonyl (C=O) groups excluding carboxylic acids is 2. The molecule has 1 aliphatic heterocycles. The molecule has 0 saturated heterocycles. The smallest absolute Gasteiger partial charge is 0.376 e. The van der Waals surface area contributed by atoms with Gasteiger partial charge in [0.05, 0.1) is 21.7 Å². The fourth-order valence-corrected chi connectivity index (χ4v) is 3.80. The van der Waals surface area contributed by atoms with Crippen LogP contribution in [0.1, 0.15) is 15.9 Å². The van der Waals surface area contributed by atoms with Crippen LogP contribution in [-0.4, -0.2) is 48.6 Å². The molecule has 2 aromatic rings. The maximum absolute atomic E-state index is 14.1. The van der Waals surface area contributed by atoms with E-state index in [2.05, 4.69) is 5.32 Å². The SMILES string of the molecule is CN1C=C(C(=O)Nc2ccc(Cl)c(C(=O)NCc3ccccc3)c2)C(C(F)(F)F)=C(C(F)(F)C(F)(F)F)C1. The van der Waals surface area contributed by atoms with E-state index in [1.54, 1.807) is 30.3 Å². The van der Waals surface area contributed by atoms with E-state index in [0.717, 1.165) is 30.8 Å². The Morgan fingerprint density at radius 1 is 0.947 bits per heavy atom. The highest BCUT2D eigenvalue weighted by atomic mass is 35.5. The van der Waals surface area contributed by atoms with Crippen LogP contribution in [0.3, 0.4) is 0 Å². The summed E-state index contributed by atoms with van der Waals surface area (Å²) in [7, 11) is 0.935. The van der Waals surface area contributed by atoms with Crippen LogP contribution in [-0.2, 0) is 11.3 Å². The summed E-state index contributed by atoms with van der Waals surface area (Å²) >= 11 is 6.03. The first-order valence-corrected chi connectivity index (χ1v) is 11.0. The molecule has 0 saturated carbocycles. The monoisotopic (exact) mass is 567 g/mol. The lowest BCUT2D eigenvalue weighted by Gasteiger charge is -2.33. The average Bonchev–Trinajstić information content (AvgIpc) is 2.82. The number of rotatable bonds is 6. The molecule has 1 aliphatic rings. The van der Waals surface area contributed by atoms with E-state index in [9.17, 15) is 44.7 Å². The summed E-state index contributed by atoms with van der Waals surface area (Å²) in [4.78, 5) is 25.9. The van der Waals surface area contributed by atoms with Gasteiger partial charge < -0.3 is 15.5 Å². The Hall–Kier alpha value is -3.61. The first-order valence-electron chi connectivity index (χ1n) is 10.6. The molecule has 0 aromatic heterocycles. The van der Waals surface area contributed by atoms with Gasteiger partial charge in [-0.3, -0.25) is 9.59 Å². The molecule has 0 spiro atoms. The van der Waals surface area contributed by atoms with Crippen LogP contribution >= 0.6 is 11.6 Å². The first kappa shape index (κ1) is 29.0. The standard InChI is InChI=1S/C24H18ClF8N3O2/c1-36-11-16(19(23(28,29)30)17(12-36)22(26,27)24(31,32)33)21(38)35-14-7-8-18(25)15(9-14)20(37)34-10-13-5-3-2-4-6-13/h2-9,11H,10,12H2,1H3,(H,34,37)(H,35,38). The van der Waals surface area contributed by atoms with Crippen LogP contribution < -0.4 is 10.6 Å².